The summed E-state index contributed by atoms with van der Waals surface area (Å²) in [6.45, 7) is 0. The lowest BCUT2D eigenvalue weighted by Gasteiger charge is -2.10. The molecule has 0 spiro atoms. The lowest BCUT2D eigenvalue weighted by atomic mass is 9.79. The van der Waals surface area contributed by atoms with E-state index in [1.165, 1.54) is 0 Å². The Bertz CT molecular complexity index is 511. The number of benzene rings is 2. The maximum Gasteiger partial charge on any atom is 0.492 e. The van der Waals surface area contributed by atoms with Crippen molar-refractivity contribution in [2.24, 2.45) is 0 Å². The molecular formula is C13H13BO4. The average Bonchev–Trinajstić information content (AvgIpc) is 2.40. The van der Waals surface area contributed by atoms with Gasteiger partial charge in [-0.1, -0.05) is 18.2 Å². The van der Waals surface area contributed by atoms with Crippen LogP contribution in [0.5, 0.6) is 17.2 Å². The maximum absolute atomic E-state index is 9.22. The standard InChI is InChI=1S/C13H13BO4/c1-17-10-6-8-11(9-7-10)18-13-5-3-2-4-12(13)14(15)16/h2-9,15-16H,1H3. The van der Waals surface area contributed by atoms with Crippen molar-refractivity contribution in [3.05, 3.63) is 48.5 Å². The van der Waals surface area contributed by atoms with Crippen molar-refractivity contribution in [1.82, 2.24) is 0 Å². The number of rotatable bonds is 4. The molecule has 0 aliphatic carbocycles. The molecule has 0 aromatic heterocycles. The van der Waals surface area contributed by atoms with Gasteiger partial charge in [0.15, 0.2) is 0 Å². The fraction of sp³-hybridized carbons (Fsp3) is 0.0769. The average molecular weight is 244 g/mol. The number of para-hydroxylation sites is 1. The Labute approximate surface area is 106 Å². The first-order chi connectivity index (χ1) is 8.70. The second-order valence-corrected chi connectivity index (χ2v) is 3.69. The van der Waals surface area contributed by atoms with Gasteiger partial charge in [-0.2, -0.15) is 0 Å². The summed E-state index contributed by atoms with van der Waals surface area (Å²) >= 11 is 0. The number of hydrogen-bond donors (Lipinski definition) is 2. The molecule has 18 heavy (non-hydrogen) atoms. The SMILES string of the molecule is COc1ccc(Oc2ccccc2B(O)O)cc1. The first kappa shape index (κ1) is 12.5. The van der Waals surface area contributed by atoms with Gasteiger partial charge in [0.1, 0.15) is 17.2 Å². The van der Waals surface area contributed by atoms with Gasteiger partial charge in [-0.05, 0) is 30.3 Å². The molecule has 2 aromatic carbocycles. The van der Waals surface area contributed by atoms with Crippen LogP contribution in [-0.4, -0.2) is 24.3 Å². The molecule has 0 heterocycles. The molecule has 2 rings (SSSR count). The molecule has 0 saturated carbocycles. The normalized spacial score (nSPS) is 9.94. The van der Waals surface area contributed by atoms with Gasteiger partial charge in [0.05, 0.1) is 7.11 Å². The molecule has 4 nitrogen and oxygen atoms in total. The van der Waals surface area contributed by atoms with Crippen molar-refractivity contribution in [2.45, 2.75) is 0 Å². The summed E-state index contributed by atoms with van der Waals surface area (Å²) in [5.41, 5.74) is 0.327. The van der Waals surface area contributed by atoms with Crippen molar-refractivity contribution in [2.75, 3.05) is 7.11 Å². The van der Waals surface area contributed by atoms with Crippen molar-refractivity contribution < 1.29 is 19.5 Å². The van der Waals surface area contributed by atoms with Gasteiger partial charge in [0, 0.05) is 5.46 Å². The summed E-state index contributed by atoms with van der Waals surface area (Å²) < 4.78 is 10.6. The van der Waals surface area contributed by atoms with Crippen molar-refractivity contribution in [1.29, 1.82) is 0 Å². The van der Waals surface area contributed by atoms with Crippen molar-refractivity contribution >= 4 is 12.6 Å². The molecule has 5 heteroatoms. The summed E-state index contributed by atoms with van der Waals surface area (Å²) in [5, 5.41) is 18.4. The van der Waals surface area contributed by atoms with Crippen LogP contribution < -0.4 is 14.9 Å². The Morgan fingerprint density at radius 1 is 0.889 bits per heavy atom. The van der Waals surface area contributed by atoms with Gasteiger partial charge >= 0.3 is 7.12 Å². The van der Waals surface area contributed by atoms with E-state index in [1.54, 1.807) is 55.6 Å². The lowest BCUT2D eigenvalue weighted by Crippen LogP contribution is -2.30. The predicted octanol–water partition coefficient (Wildman–Crippen LogP) is 1.17. The van der Waals surface area contributed by atoms with Crippen molar-refractivity contribution in [3.63, 3.8) is 0 Å². The Hall–Kier alpha value is -1.98. The molecule has 0 amide bonds. The van der Waals surface area contributed by atoms with Gasteiger partial charge < -0.3 is 19.5 Å². The zero-order valence-electron chi connectivity index (χ0n) is 9.91. The van der Waals surface area contributed by atoms with Gasteiger partial charge in [-0.3, -0.25) is 0 Å². The minimum Gasteiger partial charge on any atom is -0.497 e. The zero-order valence-corrected chi connectivity index (χ0v) is 9.91. The van der Waals surface area contributed by atoms with Crippen LogP contribution in [-0.2, 0) is 0 Å². The highest BCUT2D eigenvalue weighted by Crippen LogP contribution is 2.22. The molecule has 0 radical (unpaired) electrons. The summed E-state index contributed by atoms with van der Waals surface area (Å²) in [7, 11) is 0.0345. The first-order valence-electron chi connectivity index (χ1n) is 5.47. The summed E-state index contributed by atoms with van der Waals surface area (Å²) in [4.78, 5) is 0. The highest BCUT2D eigenvalue weighted by Gasteiger charge is 2.16. The zero-order chi connectivity index (χ0) is 13.0. The summed E-state index contributed by atoms with van der Waals surface area (Å²) in [6, 6.07) is 13.8. The third-order valence-corrected chi connectivity index (χ3v) is 2.48. The number of hydrogen-bond acceptors (Lipinski definition) is 4. The van der Waals surface area contributed by atoms with Gasteiger partial charge in [0.25, 0.3) is 0 Å². The highest BCUT2D eigenvalue weighted by molar-refractivity contribution is 6.59. The van der Waals surface area contributed by atoms with E-state index in [9.17, 15) is 10.0 Å². The van der Waals surface area contributed by atoms with Crippen LogP contribution in [0.3, 0.4) is 0 Å². The van der Waals surface area contributed by atoms with E-state index < -0.39 is 7.12 Å². The minimum absolute atomic E-state index is 0.327. The molecule has 0 bridgehead atoms. The van der Waals surface area contributed by atoms with Crippen LogP contribution in [0.1, 0.15) is 0 Å². The molecular weight excluding hydrogens is 231 g/mol. The van der Waals surface area contributed by atoms with E-state index in [2.05, 4.69) is 0 Å². The van der Waals surface area contributed by atoms with Crippen LogP contribution >= 0.6 is 0 Å². The third kappa shape index (κ3) is 2.82. The predicted molar refractivity (Wildman–Crippen MR) is 69.3 cm³/mol. The van der Waals surface area contributed by atoms with Crippen LogP contribution in [0.25, 0.3) is 0 Å². The van der Waals surface area contributed by atoms with Crippen LogP contribution in [0, 0.1) is 0 Å². The Morgan fingerprint density at radius 3 is 2.11 bits per heavy atom. The number of methoxy groups -OCH3 is 1. The Morgan fingerprint density at radius 2 is 1.50 bits per heavy atom. The van der Waals surface area contributed by atoms with E-state index >= 15 is 0 Å². The second kappa shape index (κ2) is 5.57. The molecule has 0 aliphatic heterocycles. The van der Waals surface area contributed by atoms with Crippen LogP contribution in [0.4, 0.5) is 0 Å². The molecule has 2 N–H and O–H groups in total. The van der Waals surface area contributed by atoms with E-state index in [0.29, 0.717) is 17.0 Å². The van der Waals surface area contributed by atoms with Crippen molar-refractivity contribution in [3.8, 4) is 17.2 Å². The van der Waals surface area contributed by atoms with Gasteiger partial charge in [0.2, 0.25) is 0 Å². The minimum atomic E-state index is -1.56. The van der Waals surface area contributed by atoms with Crippen LogP contribution in [0.15, 0.2) is 48.5 Å². The fourth-order valence-corrected chi connectivity index (χ4v) is 1.56. The highest BCUT2D eigenvalue weighted by atomic mass is 16.5. The molecule has 0 atom stereocenters. The van der Waals surface area contributed by atoms with Gasteiger partial charge in [-0.25, -0.2) is 0 Å². The monoisotopic (exact) mass is 244 g/mol. The molecule has 0 saturated heterocycles. The molecule has 92 valence electrons. The first-order valence-corrected chi connectivity index (χ1v) is 5.47. The summed E-state index contributed by atoms with van der Waals surface area (Å²) in [5.74, 6) is 1.75. The lowest BCUT2D eigenvalue weighted by molar-refractivity contribution is 0.411. The van der Waals surface area contributed by atoms with E-state index in [1.807, 2.05) is 0 Å². The molecule has 0 fully saturated rings. The molecule has 0 aliphatic rings. The van der Waals surface area contributed by atoms with Gasteiger partial charge in [-0.15, -0.1) is 0 Å². The molecule has 0 unspecified atom stereocenters. The van der Waals surface area contributed by atoms with E-state index in [4.69, 9.17) is 9.47 Å². The Kier molecular flexibility index (Phi) is 3.87. The number of ether oxygens (including phenoxy) is 2. The fourth-order valence-electron chi connectivity index (χ4n) is 1.56. The maximum atomic E-state index is 9.22. The van der Waals surface area contributed by atoms with E-state index in [-0.39, 0.29) is 0 Å². The second-order valence-electron chi connectivity index (χ2n) is 3.69. The molecule has 2 aromatic rings. The quantitative estimate of drug-likeness (QED) is 0.792. The van der Waals surface area contributed by atoms with Crippen LogP contribution in [0.2, 0.25) is 0 Å². The smallest absolute Gasteiger partial charge is 0.492 e. The Balaban J connectivity index is 2.22. The third-order valence-electron chi connectivity index (χ3n) is 2.48. The topological polar surface area (TPSA) is 58.9 Å². The van der Waals surface area contributed by atoms with E-state index in [0.717, 1.165) is 5.75 Å². The summed E-state index contributed by atoms with van der Waals surface area (Å²) in [6.07, 6.45) is 0. The largest absolute Gasteiger partial charge is 0.497 e.